The Labute approximate surface area is 195 Å². The third-order valence-electron chi connectivity index (χ3n) is 7.30. The molecule has 0 aliphatic heterocycles. The standard InChI is InChI=1S/C30H38N2/c1-3-5-7-9-23-11-15-25(16-12-23)27-19-20-28(30(22-32)29(27)21-31)26-17-13-24(14-18-26)10-8-6-4-2/h11-12,15-16,19-20,24,26H,3-10,13-14,17-18H2,1-2H3. The number of hydrogen-bond acceptors (Lipinski definition) is 2. The first-order valence-electron chi connectivity index (χ1n) is 12.8. The van der Waals surface area contributed by atoms with Crippen LogP contribution in [0.4, 0.5) is 0 Å². The largest absolute Gasteiger partial charge is 0.192 e. The lowest BCUT2D eigenvalue weighted by molar-refractivity contribution is 0.302. The number of benzene rings is 2. The molecule has 1 saturated carbocycles. The van der Waals surface area contributed by atoms with Gasteiger partial charge in [0.15, 0.2) is 0 Å². The molecule has 0 atom stereocenters. The molecule has 0 saturated heterocycles. The average molecular weight is 427 g/mol. The van der Waals surface area contributed by atoms with E-state index in [9.17, 15) is 10.5 Å². The highest BCUT2D eigenvalue weighted by molar-refractivity contribution is 5.75. The molecule has 0 bridgehead atoms. The summed E-state index contributed by atoms with van der Waals surface area (Å²) in [6, 6.07) is 17.5. The quantitative estimate of drug-likeness (QED) is 0.357. The van der Waals surface area contributed by atoms with Gasteiger partial charge in [0.25, 0.3) is 0 Å². The first-order chi connectivity index (χ1) is 15.7. The van der Waals surface area contributed by atoms with E-state index in [1.165, 1.54) is 63.4 Å². The average Bonchev–Trinajstić information content (AvgIpc) is 2.84. The first kappa shape index (κ1) is 24.1. The summed E-state index contributed by atoms with van der Waals surface area (Å²) in [5, 5.41) is 20.0. The Morgan fingerprint density at radius 2 is 1.41 bits per heavy atom. The van der Waals surface area contributed by atoms with Crippen molar-refractivity contribution in [3.8, 4) is 23.3 Å². The van der Waals surface area contributed by atoms with E-state index in [-0.39, 0.29) is 0 Å². The Balaban J connectivity index is 1.76. The summed E-state index contributed by atoms with van der Waals surface area (Å²) in [5.41, 5.74) is 5.51. The second kappa shape index (κ2) is 12.5. The zero-order valence-electron chi connectivity index (χ0n) is 20.0. The van der Waals surface area contributed by atoms with E-state index >= 15 is 0 Å². The molecule has 2 heteroatoms. The molecule has 0 N–H and O–H groups in total. The van der Waals surface area contributed by atoms with E-state index in [0.717, 1.165) is 41.9 Å². The lowest BCUT2D eigenvalue weighted by atomic mass is 9.75. The second-order valence-electron chi connectivity index (χ2n) is 9.54. The Morgan fingerprint density at radius 3 is 2.03 bits per heavy atom. The molecule has 1 aliphatic carbocycles. The summed E-state index contributed by atoms with van der Waals surface area (Å²) in [4.78, 5) is 0. The van der Waals surface area contributed by atoms with Gasteiger partial charge in [-0.2, -0.15) is 10.5 Å². The van der Waals surface area contributed by atoms with Crippen molar-refractivity contribution in [2.24, 2.45) is 5.92 Å². The molecule has 0 aromatic heterocycles. The molecule has 1 aliphatic rings. The molecule has 2 nitrogen and oxygen atoms in total. The maximum absolute atomic E-state index is 9.99. The minimum absolute atomic E-state index is 0.411. The fraction of sp³-hybridized carbons (Fsp3) is 0.533. The van der Waals surface area contributed by atoms with Crippen LogP contribution in [0.25, 0.3) is 11.1 Å². The first-order valence-corrected chi connectivity index (χ1v) is 12.8. The van der Waals surface area contributed by atoms with Gasteiger partial charge in [0.1, 0.15) is 12.1 Å². The molecule has 0 unspecified atom stereocenters. The molecule has 168 valence electrons. The van der Waals surface area contributed by atoms with E-state index < -0.39 is 0 Å². The summed E-state index contributed by atoms with van der Waals surface area (Å²) >= 11 is 0. The number of nitriles is 2. The summed E-state index contributed by atoms with van der Waals surface area (Å²) < 4.78 is 0. The zero-order chi connectivity index (χ0) is 22.8. The van der Waals surface area contributed by atoms with Crippen molar-refractivity contribution < 1.29 is 0 Å². The number of unbranched alkanes of at least 4 members (excludes halogenated alkanes) is 4. The lowest BCUT2D eigenvalue weighted by Crippen LogP contribution is -2.15. The number of hydrogen-bond donors (Lipinski definition) is 0. The molecular formula is C30H38N2. The van der Waals surface area contributed by atoms with Gasteiger partial charge in [-0.05, 0) is 67.1 Å². The van der Waals surface area contributed by atoms with Gasteiger partial charge in [-0.25, -0.2) is 0 Å². The monoisotopic (exact) mass is 426 g/mol. The Hall–Kier alpha value is -2.58. The van der Waals surface area contributed by atoms with Crippen molar-refractivity contribution in [2.75, 3.05) is 0 Å². The zero-order valence-corrected chi connectivity index (χ0v) is 20.0. The third-order valence-corrected chi connectivity index (χ3v) is 7.30. The summed E-state index contributed by atoms with van der Waals surface area (Å²) in [6.07, 6.45) is 14.9. The van der Waals surface area contributed by atoms with E-state index in [0.29, 0.717) is 17.0 Å². The predicted octanol–water partition coefficient (Wildman–Crippen LogP) is 8.68. The topological polar surface area (TPSA) is 47.6 Å². The molecule has 3 rings (SSSR count). The van der Waals surface area contributed by atoms with Crippen molar-refractivity contribution in [1.82, 2.24) is 0 Å². The summed E-state index contributed by atoms with van der Waals surface area (Å²) in [6.45, 7) is 4.49. The lowest BCUT2D eigenvalue weighted by Gasteiger charge is -2.29. The summed E-state index contributed by atoms with van der Waals surface area (Å²) in [5.74, 6) is 1.25. The van der Waals surface area contributed by atoms with Crippen LogP contribution in [0, 0.1) is 28.6 Å². The van der Waals surface area contributed by atoms with Crippen molar-refractivity contribution in [1.29, 1.82) is 10.5 Å². The Kier molecular flexibility index (Phi) is 9.37. The predicted molar refractivity (Wildman–Crippen MR) is 133 cm³/mol. The van der Waals surface area contributed by atoms with E-state index in [1.807, 2.05) is 0 Å². The molecule has 0 spiro atoms. The van der Waals surface area contributed by atoms with Crippen molar-refractivity contribution >= 4 is 0 Å². The highest BCUT2D eigenvalue weighted by Crippen LogP contribution is 2.41. The van der Waals surface area contributed by atoms with Crippen LogP contribution in [0.5, 0.6) is 0 Å². The van der Waals surface area contributed by atoms with Crippen LogP contribution in [-0.4, -0.2) is 0 Å². The highest BCUT2D eigenvalue weighted by atomic mass is 14.3. The van der Waals surface area contributed by atoms with Crippen LogP contribution in [0.3, 0.4) is 0 Å². The van der Waals surface area contributed by atoms with Crippen molar-refractivity contribution in [3.05, 3.63) is 58.7 Å². The molecule has 32 heavy (non-hydrogen) atoms. The fourth-order valence-corrected chi connectivity index (χ4v) is 5.31. The minimum atomic E-state index is 0.411. The SMILES string of the molecule is CCCCCc1ccc(-c2ccc(C3CCC(CCCCC)CC3)c(C#N)c2C#N)cc1. The fourth-order valence-electron chi connectivity index (χ4n) is 5.31. The van der Waals surface area contributed by atoms with Gasteiger partial charge in [-0.3, -0.25) is 0 Å². The second-order valence-corrected chi connectivity index (χ2v) is 9.54. The van der Waals surface area contributed by atoms with Gasteiger partial charge in [-0.1, -0.05) is 88.8 Å². The van der Waals surface area contributed by atoms with Crippen LogP contribution in [0.15, 0.2) is 36.4 Å². The van der Waals surface area contributed by atoms with Gasteiger partial charge in [0, 0.05) is 5.56 Å². The van der Waals surface area contributed by atoms with Gasteiger partial charge < -0.3 is 0 Å². The minimum Gasteiger partial charge on any atom is -0.192 e. The molecule has 2 aromatic carbocycles. The molecule has 0 amide bonds. The van der Waals surface area contributed by atoms with Gasteiger partial charge in [-0.15, -0.1) is 0 Å². The summed E-state index contributed by atoms with van der Waals surface area (Å²) in [7, 11) is 0. The normalized spacial score (nSPS) is 18.1. The maximum atomic E-state index is 9.99. The van der Waals surface area contributed by atoms with Crippen LogP contribution in [0.2, 0.25) is 0 Å². The third kappa shape index (κ3) is 6.01. The van der Waals surface area contributed by atoms with Crippen molar-refractivity contribution in [3.63, 3.8) is 0 Å². The molecule has 2 aromatic rings. The maximum Gasteiger partial charge on any atom is 0.101 e. The molecule has 1 fully saturated rings. The van der Waals surface area contributed by atoms with Crippen LogP contribution in [-0.2, 0) is 6.42 Å². The number of aryl methyl sites for hydroxylation is 1. The Bertz CT molecular complexity index is 935. The number of nitrogens with zero attached hydrogens (tertiary/aromatic N) is 2. The Morgan fingerprint density at radius 1 is 0.750 bits per heavy atom. The van der Waals surface area contributed by atoms with Gasteiger partial charge in [0.2, 0.25) is 0 Å². The van der Waals surface area contributed by atoms with E-state index in [1.54, 1.807) is 0 Å². The van der Waals surface area contributed by atoms with Gasteiger partial charge in [0.05, 0.1) is 11.1 Å². The number of rotatable bonds is 10. The van der Waals surface area contributed by atoms with E-state index in [4.69, 9.17) is 0 Å². The smallest absolute Gasteiger partial charge is 0.101 e. The van der Waals surface area contributed by atoms with Crippen LogP contribution < -0.4 is 0 Å². The van der Waals surface area contributed by atoms with Gasteiger partial charge >= 0.3 is 0 Å². The molecule has 0 radical (unpaired) electrons. The molecule has 0 heterocycles. The van der Waals surface area contributed by atoms with Crippen LogP contribution in [0.1, 0.15) is 113 Å². The highest BCUT2D eigenvalue weighted by Gasteiger charge is 2.26. The van der Waals surface area contributed by atoms with Crippen molar-refractivity contribution in [2.45, 2.75) is 96.8 Å². The van der Waals surface area contributed by atoms with E-state index in [2.05, 4.69) is 62.4 Å². The molecular weight excluding hydrogens is 388 g/mol. The van der Waals surface area contributed by atoms with Crippen LogP contribution >= 0.6 is 0 Å².